The average molecular weight is 222 g/mol. The van der Waals surface area contributed by atoms with E-state index in [9.17, 15) is 9.36 Å². The van der Waals surface area contributed by atoms with Gasteiger partial charge in [0, 0.05) is 11.9 Å². The van der Waals surface area contributed by atoms with Crippen LogP contribution in [0.2, 0.25) is 0 Å². The third kappa shape index (κ3) is 5.17. The summed E-state index contributed by atoms with van der Waals surface area (Å²) in [6.45, 7) is 3.89. The molecule has 0 aliphatic rings. The first-order chi connectivity index (χ1) is 6.58. The number of esters is 1. The number of carbonyl (C=O) groups is 1. The minimum Gasteiger partial charge on any atom is -0.466 e. The summed E-state index contributed by atoms with van der Waals surface area (Å²) in [5.74, 6) is 0.510. The Morgan fingerprint density at radius 1 is 1.29 bits per heavy atom. The molecule has 0 aromatic carbocycles. The van der Waals surface area contributed by atoms with Crippen LogP contribution in [-0.4, -0.2) is 26.3 Å². The summed E-state index contributed by atoms with van der Waals surface area (Å²) < 4.78 is 25.8. The van der Waals surface area contributed by atoms with Crippen molar-refractivity contribution in [3.8, 4) is 0 Å². The normalized spacial score (nSPS) is 11.9. The van der Waals surface area contributed by atoms with E-state index < -0.39 is 13.6 Å². The van der Waals surface area contributed by atoms with E-state index in [-0.39, 0.29) is 13.2 Å². The first-order valence-electron chi connectivity index (χ1n) is 4.24. The number of carbonyl (C=O) groups excluding carboxylic acids is 1. The maximum absolute atomic E-state index is 11.7. The number of hydrogen-bond acceptors (Lipinski definition) is 5. The molecule has 0 N–H and O–H groups in total. The molecule has 0 bridgehead atoms. The molecule has 0 unspecified atom stereocenters. The van der Waals surface area contributed by atoms with Crippen LogP contribution < -0.4 is 0 Å². The molecular formula is C8H15O5P. The summed E-state index contributed by atoms with van der Waals surface area (Å²) in [5, 5.41) is 0. The lowest BCUT2D eigenvalue weighted by molar-refractivity contribution is -0.134. The van der Waals surface area contributed by atoms with Gasteiger partial charge in [-0.3, -0.25) is 4.57 Å². The lowest BCUT2D eigenvalue weighted by Crippen LogP contribution is -1.96. The van der Waals surface area contributed by atoms with E-state index in [1.807, 2.05) is 0 Å². The molecule has 82 valence electrons. The van der Waals surface area contributed by atoms with E-state index >= 15 is 0 Å². The summed E-state index contributed by atoms with van der Waals surface area (Å²) >= 11 is 0. The lowest BCUT2D eigenvalue weighted by Gasteiger charge is -2.11. The summed E-state index contributed by atoms with van der Waals surface area (Å²) in [6.07, 6.45) is 1.03. The van der Waals surface area contributed by atoms with Crippen molar-refractivity contribution in [3.63, 3.8) is 0 Å². The van der Waals surface area contributed by atoms with E-state index in [1.54, 1.807) is 13.8 Å². The van der Waals surface area contributed by atoms with E-state index in [2.05, 4.69) is 4.74 Å². The van der Waals surface area contributed by atoms with E-state index in [0.717, 1.165) is 11.9 Å². The zero-order valence-corrected chi connectivity index (χ0v) is 9.45. The molecule has 0 spiro atoms. The number of ether oxygens (including phenoxy) is 1. The second-order valence-corrected chi connectivity index (χ2v) is 4.11. The van der Waals surface area contributed by atoms with Gasteiger partial charge in [-0.1, -0.05) is 0 Å². The Balaban J connectivity index is 4.43. The van der Waals surface area contributed by atoms with Gasteiger partial charge in [-0.2, -0.15) is 0 Å². The van der Waals surface area contributed by atoms with Crippen LogP contribution in [0.15, 0.2) is 11.9 Å². The summed E-state index contributed by atoms with van der Waals surface area (Å²) in [4.78, 5) is 10.7. The summed E-state index contributed by atoms with van der Waals surface area (Å²) in [7, 11) is -2.03. The van der Waals surface area contributed by atoms with Crippen LogP contribution in [0.3, 0.4) is 0 Å². The maximum atomic E-state index is 11.7. The Morgan fingerprint density at radius 3 is 2.14 bits per heavy atom. The van der Waals surface area contributed by atoms with Gasteiger partial charge in [0.1, 0.15) is 0 Å². The maximum Gasteiger partial charge on any atom is 0.354 e. The van der Waals surface area contributed by atoms with Crippen LogP contribution in [0.5, 0.6) is 0 Å². The highest BCUT2D eigenvalue weighted by Crippen LogP contribution is 2.49. The van der Waals surface area contributed by atoms with Gasteiger partial charge < -0.3 is 13.8 Å². The third-order valence-electron chi connectivity index (χ3n) is 1.21. The molecule has 0 atom stereocenters. The largest absolute Gasteiger partial charge is 0.466 e. The van der Waals surface area contributed by atoms with Crippen molar-refractivity contribution in [2.75, 3.05) is 20.3 Å². The van der Waals surface area contributed by atoms with Crippen LogP contribution in [0.1, 0.15) is 13.8 Å². The molecule has 0 amide bonds. The quantitative estimate of drug-likeness (QED) is 0.390. The van der Waals surface area contributed by atoms with Crippen LogP contribution in [0.25, 0.3) is 0 Å². The van der Waals surface area contributed by atoms with Crippen LogP contribution in [-0.2, 0) is 23.1 Å². The minimum absolute atomic E-state index is 0.253. The van der Waals surface area contributed by atoms with Gasteiger partial charge in [0.05, 0.1) is 20.3 Å². The van der Waals surface area contributed by atoms with Crippen molar-refractivity contribution in [2.45, 2.75) is 13.8 Å². The molecule has 0 aliphatic heterocycles. The highest BCUT2D eigenvalue weighted by molar-refractivity contribution is 7.57. The fourth-order valence-electron chi connectivity index (χ4n) is 0.703. The molecule has 0 saturated carbocycles. The Morgan fingerprint density at radius 2 is 1.79 bits per heavy atom. The van der Waals surface area contributed by atoms with E-state index in [4.69, 9.17) is 9.05 Å². The Bertz CT molecular complexity index is 238. The average Bonchev–Trinajstić information content (AvgIpc) is 2.15. The molecule has 0 fully saturated rings. The predicted octanol–water partition coefficient (Wildman–Crippen LogP) is 1.94. The first kappa shape index (κ1) is 13.4. The first-order valence-corrected chi connectivity index (χ1v) is 5.85. The molecule has 0 saturated heterocycles. The topological polar surface area (TPSA) is 61.8 Å². The van der Waals surface area contributed by atoms with Gasteiger partial charge >= 0.3 is 13.6 Å². The molecule has 0 rings (SSSR count). The SMILES string of the molecule is CCOP(=O)(/C=C/C(=O)OC)OCC. The minimum atomic E-state index is -3.27. The third-order valence-corrected chi connectivity index (χ3v) is 2.96. The standard InChI is InChI=1S/C8H15O5P/c1-4-12-14(10,13-5-2)7-6-8(9)11-3/h6-7H,4-5H2,1-3H3/b7-6+. The fourth-order valence-corrected chi connectivity index (χ4v) is 1.97. The van der Waals surface area contributed by atoms with Crippen molar-refractivity contribution in [1.82, 2.24) is 0 Å². The van der Waals surface area contributed by atoms with Gasteiger partial charge in [0.15, 0.2) is 0 Å². The summed E-state index contributed by atoms with van der Waals surface area (Å²) in [6, 6.07) is 0. The molecule has 0 aliphatic carbocycles. The van der Waals surface area contributed by atoms with Crippen molar-refractivity contribution in [1.29, 1.82) is 0 Å². The molecule has 0 heterocycles. The monoisotopic (exact) mass is 222 g/mol. The van der Waals surface area contributed by atoms with Gasteiger partial charge in [-0.15, -0.1) is 0 Å². The molecular weight excluding hydrogens is 207 g/mol. The molecule has 14 heavy (non-hydrogen) atoms. The highest BCUT2D eigenvalue weighted by atomic mass is 31.2. The second kappa shape index (κ2) is 6.76. The van der Waals surface area contributed by atoms with E-state index in [1.165, 1.54) is 7.11 Å². The molecule has 6 heteroatoms. The zero-order valence-electron chi connectivity index (χ0n) is 8.56. The summed E-state index contributed by atoms with van der Waals surface area (Å²) in [5.41, 5.74) is 0. The van der Waals surface area contributed by atoms with Gasteiger partial charge in [0.2, 0.25) is 0 Å². The zero-order chi connectivity index (χ0) is 11.0. The molecule has 0 aromatic heterocycles. The predicted molar refractivity (Wildman–Crippen MR) is 52.0 cm³/mol. The Labute approximate surface area is 83.6 Å². The Kier molecular flexibility index (Phi) is 6.45. The number of methoxy groups -OCH3 is 1. The highest BCUT2D eigenvalue weighted by Gasteiger charge is 2.19. The molecule has 0 aromatic rings. The van der Waals surface area contributed by atoms with Crippen LogP contribution >= 0.6 is 7.60 Å². The van der Waals surface area contributed by atoms with Crippen LogP contribution in [0.4, 0.5) is 0 Å². The number of rotatable bonds is 6. The van der Waals surface area contributed by atoms with E-state index in [0.29, 0.717) is 0 Å². The van der Waals surface area contributed by atoms with Gasteiger partial charge in [-0.05, 0) is 13.8 Å². The van der Waals surface area contributed by atoms with Gasteiger partial charge in [0.25, 0.3) is 0 Å². The molecule has 5 nitrogen and oxygen atoms in total. The molecule has 0 radical (unpaired) electrons. The van der Waals surface area contributed by atoms with Gasteiger partial charge in [-0.25, -0.2) is 4.79 Å². The lowest BCUT2D eigenvalue weighted by atomic mass is 10.7. The van der Waals surface area contributed by atoms with Crippen molar-refractivity contribution in [3.05, 3.63) is 11.9 Å². The van der Waals surface area contributed by atoms with Crippen molar-refractivity contribution >= 4 is 13.6 Å². The van der Waals surface area contributed by atoms with Crippen molar-refractivity contribution in [2.24, 2.45) is 0 Å². The second-order valence-electron chi connectivity index (χ2n) is 2.21. The smallest absolute Gasteiger partial charge is 0.354 e. The Hall–Kier alpha value is -0.640. The van der Waals surface area contributed by atoms with Crippen molar-refractivity contribution < 1.29 is 23.1 Å². The number of hydrogen-bond donors (Lipinski definition) is 0. The van der Waals surface area contributed by atoms with Crippen LogP contribution in [0, 0.1) is 0 Å². The fraction of sp³-hybridized carbons (Fsp3) is 0.625.